The lowest BCUT2D eigenvalue weighted by Gasteiger charge is -2.11. The van der Waals surface area contributed by atoms with Crippen molar-refractivity contribution in [3.05, 3.63) is 53.6 Å². The Balaban J connectivity index is 0.000000329. The zero-order valence-electron chi connectivity index (χ0n) is 21.1. The number of rotatable bonds is 6. The van der Waals surface area contributed by atoms with E-state index in [2.05, 4.69) is 16.2 Å². The molecule has 1 amide bonds. The molecule has 0 aliphatic carbocycles. The summed E-state index contributed by atoms with van der Waals surface area (Å²) in [5, 5.41) is 21.8. The first-order valence-corrected chi connectivity index (χ1v) is 11.9. The molecule has 35 heavy (non-hydrogen) atoms. The van der Waals surface area contributed by atoms with Crippen LogP contribution in [0.5, 0.6) is 5.75 Å². The fraction of sp³-hybridized carbons (Fsp3) is 0.407. The van der Waals surface area contributed by atoms with Gasteiger partial charge in [-0.25, -0.2) is 0 Å². The molecule has 0 unspecified atom stereocenters. The number of aliphatic hydroxyl groups is 1. The molecule has 1 saturated heterocycles. The van der Waals surface area contributed by atoms with Gasteiger partial charge in [0.05, 0.1) is 18.3 Å². The standard InChI is InChI=1S/C19H17N3O2.C6H11NO2.C2H6/c1-12(2)23-17-9-8-14(10-15(17)11-20)19-21-18(22-24-19)16-7-5-4-6-13(16)3;8-5-4-7-3-1-2-6(7)9;1-2/h4-10,12H,1-3H3;8H,1-5H2;1-2H3. The van der Waals surface area contributed by atoms with Crippen molar-refractivity contribution in [3.63, 3.8) is 0 Å². The van der Waals surface area contributed by atoms with E-state index < -0.39 is 0 Å². The number of aryl methyl sites for hydroxylation is 1. The second-order valence-corrected chi connectivity index (χ2v) is 7.94. The van der Waals surface area contributed by atoms with Crippen molar-refractivity contribution in [2.24, 2.45) is 0 Å². The molecule has 2 aromatic carbocycles. The third-order valence-electron chi connectivity index (χ3n) is 5.06. The highest BCUT2D eigenvalue weighted by atomic mass is 16.5. The Kier molecular flexibility index (Phi) is 10.9. The minimum atomic E-state index is -0.000914. The van der Waals surface area contributed by atoms with Crippen LogP contribution in [0.3, 0.4) is 0 Å². The minimum absolute atomic E-state index is 0.000914. The van der Waals surface area contributed by atoms with E-state index in [1.54, 1.807) is 17.0 Å². The number of β-amino-alcohol motifs (C(OH)–C–C–N with tert-alkyl or cyclic N) is 1. The van der Waals surface area contributed by atoms with Crippen LogP contribution in [-0.2, 0) is 4.79 Å². The average Bonchev–Trinajstić information content (AvgIpc) is 3.51. The zero-order chi connectivity index (χ0) is 25.8. The van der Waals surface area contributed by atoms with Gasteiger partial charge in [-0.05, 0) is 51.0 Å². The van der Waals surface area contributed by atoms with E-state index in [4.69, 9.17) is 14.4 Å². The van der Waals surface area contributed by atoms with Crippen LogP contribution in [-0.4, -0.2) is 51.9 Å². The number of carbonyl (C=O) groups excluding carboxylic acids is 1. The summed E-state index contributed by atoms with van der Waals surface area (Å²) in [6.07, 6.45) is 1.62. The third kappa shape index (κ3) is 7.66. The summed E-state index contributed by atoms with van der Waals surface area (Å²) < 4.78 is 11.0. The molecule has 8 nitrogen and oxygen atoms in total. The average molecular weight is 479 g/mol. The Morgan fingerprint density at radius 1 is 1.23 bits per heavy atom. The van der Waals surface area contributed by atoms with Crippen molar-refractivity contribution in [1.29, 1.82) is 5.26 Å². The molecular formula is C27H34N4O4. The molecule has 4 rings (SSSR count). The molecule has 1 aliphatic heterocycles. The van der Waals surface area contributed by atoms with E-state index >= 15 is 0 Å². The second-order valence-electron chi connectivity index (χ2n) is 7.94. The summed E-state index contributed by atoms with van der Waals surface area (Å²) in [5.74, 6) is 1.64. The van der Waals surface area contributed by atoms with Gasteiger partial charge in [-0.2, -0.15) is 10.2 Å². The van der Waals surface area contributed by atoms with Crippen LogP contribution in [0.25, 0.3) is 22.8 Å². The van der Waals surface area contributed by atoms with Crippen LogP contribution in [0.2, 0.25) is 0 Å². The summed E-state index contributed by atoms with van der Waals surface area (Å²) >= 11 is 0. The molecule has 1 fully saturated rings. The third-order valence-corrected chi connectivity index (χ3v) is 5.06. The highest BCUT2D eigenvalue weighted by molar-refractivity contribution is 5.78. The molecule has 1 aliphatic rings. The number of aliphatic hydroxyl groups excluding tert-OH is 1. The van der Waals surface area contributed by atoms with E-state index in [9.17, 15) is 10.1 Å². The monoisotopic (exact) mass is 478 g/mol. The number of likely N-dealkylation sites (tertiary alicyclic amines) is 1. The van der Waals surface area contributed by atoms with Crippen LogP contribution >= 0.6 is 0 Å². The quantitative estimate of drug-likeness (QED) is 0.530. The van der Waals surface area contributed by atoms with Crippen molar-refractivity contribution in [2.45, 2.75) is 53.6 Å². The van der Waals surface area contributed by atoms with Crippen molar-refractivity contribution < 1.29 is 19.2 Å². The fourth-order valence-electron chi connectivity index (χ4n) is 3.44. The lowest BCUT2D eigenvalue weighted by molar-refractivity contribution is -0.128. The fourth-order valence-corrected chi connectivity index (χ4v) is 3.44. The van der Waals surface area contributed by atoms with E-state index in [-0.39, 0.29) is 18.6 Å². The van der Waals surface area contributed by atoms with Gasteiger partial charge in [-0.15, -0.1) is 0 Å². The van der Waals surface area contributed by atoms with E-state index in [1.807, 2.05) is 65.0 Å². The largest absolute Gasteiger partial charge is 0.490 e. The summed E-state index contributed by atoms with van der Waals surface area (Å²) in [5.41, 5.74) is 3.13. The molecule has 0 saturated carbocycles. The van der Waals surface area contributed by atoms with Crippen molar-refractivity contribution in [2.75, 3.05) is 19.7 Å². The maximum Gasteiger partial charge on any atom is 0.258 e. The number of nitrogens with zero attached hydrogens (tertiary/aromatic N) is 4. The molecule has 0 radical (unpaired) electrons. The number of amides is 1. The highest BCUT2D eigenvalue weighted by Gasteiger charge is 2.18. The molecule has 0 spiro atoms. The molecule has 186 valence electrons. The first kappa shape index (κ1) is 27.5. The maximum absolute atomic E-state index is 10.8. The summed E-state index contributed by atoms with van der Waals surface area (Å²) in [6, 6.07) is 15.3. The molecule has 0 bridgehead atoms. The van der Waals surface area contributed by atoms with Crippen molar-refractivity contribution in [3.8, 4) is 34.7 Å². The lowest BCUT2D eigenvalue weighted by Crippen LogP contribution is -2.27. The molecule has 2 heterocycles. The zero-order valence-corrected chi connectivity index (χ0v) is 21.1. The highest BCUT2D eigenvalue weighted by Crippen LogP contribution is 2.28. The molecule has 0 atom stereocenters. The molecule has 1 aromatic heterocycles. The number of aromatic nitrogens is 2. The van der Waals surface area contributed by atoms with Gasteiger partial charge in [0.25, 0.3) is 5.89 Å². The molecule has 1 N–H and O–H groups in total. The summed E-state index contributed by atoms with van der Waals surface area (Å²) in [4.78, 5) is 16.9. The minimum Gasteiger partial charge on any atom is -0.490 e. The number of hydrogen-bond donors (Lipinski definition) is 1. The van der Waals surface area contributed by atoms with Gasteiger partial charge in [0.2, 0.25) is 11.7 Å². The number of carbonyl (C=O) groups is 1. The Labute approximate surface area is 207 Å². The van der Waals surface area contributed by atoms with E-state index in [1.165, 1.54) is 0 Å². The molecule has 3 aromatic rings. The Morgan fingerprint density at radius 2 is 1.97 bits per heavy atom. The van der Waals surface area contributed by atoms with Crippen molar-refractivity contribution >= 4 is 5.91 Å². The molecule has 8 heteroatoms. The lowest BCUT2D eigenvalue weighted by atomic mass is 10.1. The van der Waals surface area contributed by atoms with Crippen LogP contribution in [0, 0.1) is 18.3 Å². The van der Waals surface area contributed by atoms with E-state index in [0.29, 0.717) is 41.6 Å². The van der Waals surface area contributed by atoms with Crippen LogP contribution in [0.15, 0.2) is 47.0 Å². The van der Waals surface area contributed by atoms with Gasteiger partial charge in [0.1, 0.15) is 11.8 Å². The van der Waals surface area contributed by atoms with Gasteiger partial charge in [-0.3, -0.25) is 4.79 Å². The topological polar surface area (TPSA) is 112 Å². The maximum atomic E-state index is 10.8. The number of hydrogen-bond acceptors (Lipinski definition) is 7. The second kappa shape index (κ2) is 13.9. The van der Waals surface area contributed by atoms with E-state index in [0.717, 1.165) is 24.1 Å². The number of nitriles is 1. The van der Waals surface area contributed by atoms with Crippen LogP contribution in [0.1, 0.15) is 51.7 Å². The van der Waals surface area contributed by atoms with Crippen LogP contribution < -0.4 is 4.74 Å². The van der Waals surface area contributed by atoms with Gasteiger partial charge in [0, 0.05) is 30.6 Å². The Morgan fingerprint density at radius 3 is 2.57 bits per heavy atom. The van der Waals surface area contributed by atoms with Gasteiger partial charge in [0.15, 0.2) is 0 Å². The number of benzene rings is 2. The number of ether oxygens (including phenoxy) is 1. The normalized spacial score (nSPS) is 12.4. The summed E-state index contributed by atoms with van der Waals surface area (Å²) in [6.45, 7) is 11.3. The van der Waals surface area contributed by atoms with Gasteiger partial charge < -0.3 is 19.3 Å². The Hall–Kier alpha value is -3.70. The van der Waals surface area contributed by atoms with Gasteiger partial charge >= 0.3 is 0 Å². The first-order valence-electron chi connectivity index (χ1n) is 11.9. The predicted octanol–water partition coefficient (Wildman–Crippen LogP) is 5.00. The first-order chi connectivity index (χ1) is 16.9. The summed E-state index contributed by atoms with van der Waals surface area (Å²) in [7, 11) is 0. The predicted molar refractivity (Wildman–Crippen MR) is 135 cm³/mol. The Bertz CT molecular complexity index is 1130. The molecular weight excluding hydrogens is 444 g/mol. The SMILES string of the molecule is CC.Cc1ccccc1-c1noc(-c2ccc(OC(C)C)c(C#N)c2)n1.O=C1CCCN1CCO. The van der Waals surface area contributed by atoms with Crippen LogP contribution in [0.4, 0.5) is 0 Å². The van der Waals surface area contributed by atoms with Crippen molar-refractivity contribution in [1.82, 2.24) is 15.0 Å². The smallest absolute Gasteiger partial charge is 0.258 e. The van der Waals surface area contributed by atoms with Gasteiger partial charge in [-0.1, -0.05) is 43.3 Å².